The smallest absolute Gasteiger partial charge is 0.407 e. The maximum absolute atomic E-state index is 11.9. The summed E-state index contributed by atoms with van der Waals surface area (Å²) < 4.78 is 5.35. The van der Waals surface area contributed by atoms with Gasteiger partial charge in [0.2, 0.25) is 0 Å². The average Bonchev–Trinajstić information content (AvgIpc) is 2.89. The molecule has 0 aromatic heterocycles. The number of likely N-dealkylation sites (tertiary alicyclic amines) is 1. The van der Waals surface area contributed by atoms with Crippen molar-refractivity contribution in [3.63, 3.8) is 0 Å². The van der Waals surface area contributed by atoms with Crippen molar-refractivity contribution < 1.29 is 9.53 Å². The summed E-state index contributed by atoms with van der Waals surface area (Å²) >= 11 is 0. The predicted octanol–water partition coefficient (Wildman–Crippen LogP) is 2.53. The minimum absolute atomic E-state index is 0.241. The monoisotopic (exact) mass is 293 g/mol. The number of hydrogen-bond donors (Lipinski definition) is 1. The Morgan fingerprint density at radius 2 is 2.14 bits per heavy atom. The van der Waals surface area contributed by atoms with Gasteiger partial charge in [0, 0.05) is 25.6 Å². The van der Waals surface area contributed by atoms with Crippen molar-refractivity contribution in [2.75, 3.05) is 19.6 Å². The van der Waals surface area contributed by atoms with Crippen LogP contribution < -0.4 is 5.32 Å². The summed E-state index contributed by atoms with van der Waals surface area (Å²) in [6.45, 7) is 8.81. The van der Waals surface area contributed by atoms with E-state index in [-0.39, 0.29) is 12.1 Å². The van der Waals surface area contributed by atoms with E-state index in [0.29, 0.717) is 18.3 Å². The quantitative estimate of drug-likeness (QED) is 0.809. The number of ether oxygens (including phenoxy) is 1. The van der Waals surface area contributed by atoms with Gasteiger partial charge in [-0.05, 0) is 58.4 Å². The zero-order chi connectivity index (χ0) is 15.5. The highest BCUT2D eigenvalue weighted by Gasteiger charge is 2.43. The molecular weight excluding hydrogens is 266 g/mol. The van der Waals surface area contributed by atoms with E-state index in [1.54, 1.807) is 0 Å². The maximum Gasteiger partial charge on any atom is 0.407 e. The van der Waals surface area contributed by atoms with Crippen molar-refractivity contribution in [2.45, 2.75) is 58.1 Å². The van der Waals surface area contributed by atoms with E-state index >= 15 is 0 Å². The maximum atomic E-state index is 11.9. The minimum atomic E-state index is -0.443. The summed E-state index contributed by atoms with van der Waals surface area (Å²) in [5, 5.41) is 11.7. The number of nitrogens with one attached hydrogen (secondary N) is 1. The lowest BCUT2D eigenvalue weighted by molar-refractivity contribution is 0.0491. The van der Waals surface area contributed by atoms with Crippen LogP contribution in [0.4, 0.5) is 4.79 Å². The molecule has 0 aromatic carbocycles. The Balaban J connectivity index is 1.79. The van der Waals surface area contributed by atoms with Gasteiger partial charge in [-0.1, -0.05) is 0 Å². The molecule has 0 radical (unpaired) electrons. The van der Waals surface area contributed by atoms with Crippen LogP contribution in [0, 0.1) is 23.2 Å². The summed E-state index contributed by atoms with van der Waals surface area (Å²) in [5.74, 6) is 1.23. The fraction of sp³-hybridized carbons (Fsp3) is 0.875. The van der Waals surface area contributed by atoms with Crippen LogP contribution in [0.3, 0.4) is 0 Å². The van der Waals surface area contributed by atoms with Gasteiger partial charge in [0.05, 0.1) is 6.07 Å². The Morgan fingerprint density at radius 1 is 1.38 bits per heavy atom. The minimum Gasteiger partial charge on any atom is -0.444 e. The molecule has 1 heterocycles. The van der Waals surface area contributed by atoms with Gasteiger partial charge in [0.25, 0.3) is 0 Å². The SMILES string of the molecule is CC(C)(C)OC(=O)N[C@@H]1CC[C@H]2CN(CCCC#N)C[C@@H]21. The Labute approximate surface area is 127 Å². The van der Waals surface area contributed by atoms with Gasteiger partial charge < -0.3 is 15.0 Å². The van der Waals surface area contributed by atoms with Gasteiger partial charge >= 0.3 is 6.09 Å². The van der Waals surface area contributed by atoms with Crippen molar-refractivity contribution in [1.82, 2.24) is 10.2 Å². The third-order valence-corrected chi connectivity index (χ3v) is 4.40. The predicted molar refractivity (Wildman–Crippen MR) is 80.7 cm³/mol. The summed E-state index contributed by atoms with van der Waals surface area (Å²) in [7, 11) is 0. The van der Waals surface area contributed by atoms with Crippen LogP contribution in [0.1, 0.15) is 46.5 Å². The summed E-state index contributed by atoms with van der Waals surface area (Å²) in [6.07, 6.45) is 3.52. The van der Waals surface area contributed by atoms with E-state index in [9.17, 15) is 4.79 Å². The molecule has 1 amide bonds. The highest BCUT2D eigenvalue weighted by molar-refractivity contribution is 5.68. The van der Waals surface area contributed by atoms with Crippen molar-refractivity contribution in [3.8, 4) is 6.07 Å². The number of unbranched alkanes of at least 4 members (excludes halogenated alkanes) is 1. The molecule has 3 atom stereocenters. The Hall–Kier alpha value is -1.28. The molecule has 2 fully saturated rings. The van der Waals surface area contributed by atoms with Gasteiger partial charge in [-0.25, -0.2) is 4.79 Å². The summed E-state index contributed by atoms with van der Waals surface area (Å²) in [6, 6.07) is 2.44. The van der Waals surface area contributed by atoms with Crippen molar-refractivity contribution in [3.05, 3.63) is 0 Å². The molecule has 1 aliphatic carbocycles. The number of carbonyl (C=O) groups is 1. The second-order valence-electron chi connectivity index (χ2n) is 7.28. The normalized spacial score (nSPS) is 29.0. The average molecular weight is 293 g/mol. The molecule has 0 bridgehead atoms. The van der Waals surface area contributed by atoms with E-state index in [0.717, 1.165) is 32.5 Å². The Morgan fingerprint density at radius 3 is 2.81 bits per heavy atom. The third kappa shape index (κ3) is 4.60. The van der Waals surface area contributed by atoms with E-state index in [4.69, 9.17) is 10.00 Å². The molecule has 0 unspecified atom stereocenters. The largest absolute Gasteiger partial charge is 0.444 e. The fourth-order valence-corrected chi connectivity index (χ4v) is 3.56. The van der Waals surface area contributed by atoms with Gasteiger partial charge in [-0.2, -0.15) is 5.26 Å². The van der Waals surface area contributed by atoms with E-state index in [1.807, 2.05) is 20.8 Å². The van der Waals surface area contributed by atoms with Crippen LogP contribution in [0.5, 0.6) is 0 Å². The van der Waals surface area contributed by atoms with Gasteiger partial charge in [-0.3, -0.25) is 0 Å². The zero-order valence-electron chi connectivity index (χ0n) is 13.4. The van der Waals surface area contributed by atoms with Crippen molar-refractivity contribution in [2.24, 2.45) is 11.8 Å². The summed E-state index contributed by atoms with van der Waals surface area (Å²) in [4.78, 5) is 14.4. The number of alkyl carbamates (subject to hydrolysis) is 1. The van der Waals surface area contributed by atoms with Gasteiger partial charge in [0.15, 0.2) is 0 Å². The first-order chi connectivity index (χ1) is 9.89. The van der Waals surface area contributed by atoms with E-state index in [2.05, 4.69) is 16.3 Å². The first-order valence-corrected chi connectivity index (χ1v) is 7.98. The number of carbonyl (C=O) groups excluding carboxylic acids is 1. The number of hydrogen-bond acceptors (Lipinski definition) is 4. The number of amides is 1. The number of nitrogens with zero attached hydrogens (tertiary/aromatic N) is 2. The Bertz CT molecular complexity index is 411. The molecule has 0 aromatic rings. The lowest BCUT2D eigenvalue weighted by Gasteiger charge is -2.25. The number of rotatable bonds is 4. The first-order valence-electron chi connectivity index (χ1n) is 7.98. The summed E-state index contributed by atoms with van der Waals surface area (Å²) in [5.41, 5.74) is -0.443. The molecule has 21 heavy (non-hydrogen) atoms. The van der Waals surface area contributed by atoms with Crippen LogP contribution in [-0.4, -0.2) is 42.3 Å². The Kier molecular flexibility index (Phi) is 5.10. The molecule has 5 heteroatoms. The fourth-order valence-electron chi connectivity index (χ4n) is 3.56. The molecule has 2 rings (SSSR count). The van der Waals surface area contributed by atoms with Crippen LogP contribution >= 0.6 is 0 Å². The van der Waals surface area contributed by atoms with E-state index < -0.39 is 5.60 Å². The molecule has 118 valence electrons. The molecular formula is C16H27N3O2. The number of nitriles is 1. The van der Waals surface area contributed by atoms with Crippen LogP contribution in [0.15, 0.2) is 0 Å². The van der Waals surface area contributed by atoms with Gasteiger partial charge in [-0.15, -0.1) is 0 Å². The molecule has 5 nitrogen and oxygen atoms in total. The van der Waals surface area contributed by atoms with Gasteiger partial charge in [0.1, 0.15) is 5.60 Å². The first kappa shape index (κ1) is 16.1. The lowest BCUT2D eigenvalue weighted by atomic mass is 9.98. The second-order valence-corrected chi connectivity index (χ2v) is 7.28. The van der Waals surface area contributed by atoms with Crippen LogP contribution in [0.2, 0.25) is 0 Å². The standard InChI is InChI=1S/C16H27N3O2/c1-16(2,3)21-15(20)18-14-7-6-12-10-19(11-13(12)14)9-5-4-8-17/h12-14H,4-7,9-11H2,1-3H3,(H,18,20)/t12-,13-,14+/m0/s1. The zero-order valence-corrected chi connectivity index (χ0v) is 13.4. The van der Waals surface area contributed by atoms with Crippen molar-refractivity contribution in [1.29, 1.82) is 5.26 Å². The molecule has 1 N–H and O–H groups in total. The molecule has 1 aliphatic heterocycles. The molecule has 2 aliphatic rings. The molecule has 0 spiro atoms. The third-order valence-electron chi connectivity index (χ3n) is 4.40. The lowest BCUT2D eigenvalue weighted by Crippen LogP contribution is -2.42. The second kappa shape index (κ2) is 6.65. The molecule has 1 saturated carbocycles. The highest BCUT2D eigenvalue weighted by Crippen LogP contribution is 2.38. The highest BCUT2D eigenvalue weighted by atomic mass is 16.6. The van der Waals surface area contributed by atoms with Crippen LogP contribution in [0.25, 0.3) is 0 Å². The van der Waals surface area contributed by atoms with E-state index in [1.165, 1.54) is 6.42 Å². The van der Waals surface area contributed by atoms with Crippen molar-refractivity contribution >= 4 is 6.09 Å². The van der Waals surface area contributed by atoms with Crippen LogP contribution in [-0.2, 0) is 4.74 Å². The number of fused-ring (bicyclic) bond motifs is 1. The molecule has 1 saturated heterocycles. The topological polar surface area (TPSA) is 65.4 Å².